The van der Waals surface area contributed by atoms with Gasteiger partial charge in [-0.2, -0.15) is 5.26 Å². The number of aromatic nitrogens is 1. The quantitative estimate of drug-likeness (QED) is 0.338. The number of nitrogens with one attached hydrogen (secondary N) is 1. The van der Waals surface area contributed by atoms with Crippen molar-refractivity contribution in [1.29, 1.82) is 5.26 Å². The van der Waals surface area contributed by atoms with Crippen molar-refractivity contribution < 1.29 is 0 Å². The Hall–Kier alpha value is -3.87. The average molecular weight is 407 g/mol. The maximum atomic E-state index is 13.3. The minimum absolute atomic E-state index is 0.122. The highest BCUT2D eigenvalue weighted by atomic mass is 35.5. The van der Waals surface area contributed by atoms with Crippen molar-refractivity contribution in [3.05, 3.63) is 106 Å². The second kappa shape index (κ2) is 7.18. The lowest BCUT2D eigenvalue weighted by atomic mass is 9.88. The summed E-state index contributed by atoms with van der Waals surface area (Å²) in [4.78, 5) is 16.6. The van der Waals surface area contributed by atoms with Gasteiger partial charge < -0.3 is 4.98 Å². The molecule has 0 aliphatic rings. The molecule has 0 bridgehead atoms. The van der Waals surface area contributed by atoms with Crippen LogP contribution in [0.3, 0.4) is 0 Å². The molecule has 0 fully saturated rings. The average Bonchev–Trinajstić information content (AvgIpc) is 2.79. The van der Waals surface area contributed by atoms with Crippen molar-refractivity contribution in [2.24, 2.45) is 0 Å². The number of benzene rings is 4. The monoisotopic (exact) mass is 406 g/mol. The summed E-state index contributed by atoms with van der Waals surface area (Å²) in [6.45, 7) is 0. The Morgan fingerprint density at radius 1 is 0.800 bits per heavy atom. The summed E-state index contributed by atoms with van der Waals surface area (Å²) in [5, 5.41) is 11.7. The second-order valence-corrected chi connectivity index (χ2v) is 7.52. The molecule has 142 valence electrons. The fourth-order valence-electron chi connectivity index (χ4n) is 3.95. The molecule has 1 N–H and O–H groups in total. The standard InChI is InChI=1S/C26H15ClN2O/c27-18-11-12-19-23(13-18)29-25-21(26(19)30)14-20(16-7-3-1-4-8-16)24(22(25)15-28)17-9-5-2-6-10-17/h1-14H,(H,29,30). The summed E-state index contributed by atoms with van der Waals surface area (Å²) in [6, 6.07) is 29.0. The third kappa shape index (κ3) is 2.86. The molecular weight excluding hydrogens is 392 g/mol. The van der Waals surface area contributed by atoms with Crippen molar-refractivity contribution >= 4 is 33.4 Å². The molecule has 0 radical (unpaired) electrons. The van der Waals surface area contributed by atoms with Gasteiger partial charge in [-0.25, -0.2) is 0 Å². The topological polar surface area (TPSA) is 56.6 Å². The Bertz CT molecular complexity index is 1510. The molecule has 0 aliphatic heterocycles. The van der Waals surface area contributed by atoms with Crippen molar-refractivity contribution in [3.8, 4) is 28.3 Å². The number of halogens is 1. The fourth-order valence-corrected chi connectivity index (χ4v) is 4.12. The van der Waals surface area contributed by atoms with E-state index < -0.39 is 0 Å². The molecule has 4 aromatic carbocycles. The maximum Gasteiger partial charge on any atom is 0.197 e. The number of hydrogen-bond donors (Lipinski definition) is 1. The van der Waals surface area contributed by atoms with Gasteiger partial charge >= 0.3 is 0 Å². The van der Waals surface area contributed by atoms with Gasteiger partial charge in [-0.15, -0.1) is 0 Å². The molecule has 0 saturated carbocycles. The van der Waals surface area contributed by atoms with Crippen LogP contribution in [0.5, 0.6) is 0 Å². The predicted octanol–water partition coefficient (Wildman–Crippen LogP) is 6.54. The van der Waals surface area contributed by atoms with Crippen LogP contribution in [0.4, 0.5) is 0 Å². The number of nitrogens with zero attached hydrogens (tertiary/aromatic N) is 1. The normalized spacial score (nSPS) is 10.9. The molecule has 30 heavy (non-hydrogen) atoms. The highest BCUT2D eigenvalue weighted by Gasteiger charge is 2.19. The van der Waals surface area contributed by atoms with Crippen LogP contribution >= 0.6 is 11.6 Å². The van der Waals surface area contributed by atoms with Crippen molar-refractivity contribution in [3.63, 3.8) is 0 Å². The van der Waals surface area contributed by atoms with Crippen LogP contribution < -0.4 is 5.43 Å². The molecule has 5 rings (SSSR count). The van der Waals surface area contributed by atoms with Gasteiger partial charge in [0.15, 0.2) is 5.43 Å². The van der Waals surface area contributed by atoms with E-state index in [0.717, 1.165) is 22.3 Å². The predicted molar refractivity (Wildman–Crippen MR) is 123 cm³/mol. The van der Waals surface area contributed by atoms with Crippen LogP contribution in [0.2, 0.25) is 5.02 Å². The minimum Gasteiger partial charge on any atom is -0.353 e. The minimum atomic E-state index is -0.122. The van der Waals surface area contributed by atoms with E-state index in [1.54, 1.807) is 18.2 Å². The lowest BCUT2D eigenvalue weighted by Gasteiger charge is -2.15. The Labute approximate surface area is 177 Å². The molecule has 4 heteroatoms. The van der Waals surface area contributed by atoms with E-state index in [9.17, 15) is 10.1 Å². The molecule has 1 aromatic heterocycles. The van der Waals surface area contributed by atoms with Gasteiger partial charge in [-0.3, -0.25) is 4.79 Å². The number of hydrogen-bond acceptors (Lipinski definition) is 2. The second-order valence-electron chi connectivity index (χ2n) is 7.08. The summed E-state index contributed by atoms with van der Waals surface area (Å²) < 4.78 is 0. The third-order valence-corrected chi connectivity index (χ3v) is 5.55. The largest absolute Gasteiger partial charge is 0.353 e. The highest BCUT2D eigenvalue weighted by molar-refractivity contribution is 6.31. The van der Waals surface area contributed by atoms with Gasteiger partial charge in [0.1, 0.15) is 6.07 Å². The van der Waals surface area contributed by atoms with E-state index in [1.165, 1.54) is 0 Å². The van der Waals surface area contributed by atoms with Crippen LogP contribution in [0.25, 0.3) is 44.1 Å². The molecule has 0 spiro atoms. The van der Waals surface area contributed by atoms with E-state index in [1.807, 2.05) is 66.7 Å². The molecule has 0 atom stereocenters. The first kappa shape index (κ1) is 18.2. The van der Waals surface area contributed by atoms with Crippen LogP contribution in [-0.4, -0.2) is 4.98 Å². The number of H-pyrrole nitrogens is 1. The third-order valence-electron chi connectivity index (χ3n) is 5.32. The molecule has 3 nitrogen and oxygen atoms in total. The Morgan fingerprint density at radius 3 is 2.13 bits per heavy atom. The van der Waals surface area contributed by atoms with Gasteiger partial charge in [-0.05, 0) is 41.0 Å². The zero-order chi connectivity index (χ0) is 20.7. The van der Waals surface area contributed by atoms with Crippen LogP contribution in [0, 0.1) is 11.3 Å². The van der Waals surface area contributed by atoms with E-state index in [0.29, 0.717) is 32.4 Å². The zero-order valence-corrected chi connectivity index (χ0v) is 16.6. The first-order valence-corrected chi connectivity index (χ1v) is 9.88. The zero-order valence-electron chi connectivity index (χ0n) is 15.8. The van der Waals surface area contributed by atoms with E-state index in [2.05, 4.69) is 11.1 Å². The number of fused-ring (bicyclic) bond motifs is 2. The van der Waals surface area contributed by atoms with Gasteiger partial charge in [0, 0.05) is 21.4 Å². The number of aromatic amines is 1. The maximum absolute atomic E-state index is 13.3. The van der Waals surface area contributed by atoms with Gasteiger partial charge in [-0.1, -0.05) is 72.3 Å². The molecule has 0 amide bonds. The molecule has 1 heterocycles. The number of rotatable bonds is 2. The molecule has 0 unspecified atom stereocenters. The van der Waals surface area contributed by atoms with Crippen LogP contribution in [0.1, 0.15) is 5.56 Å². The number of pyridine rings is 1. The summed E-state index contributed by atoms with van der Waals surface area (Å²) in [5.41, 5.74) is 4.98. The highest BCUT2D eigenvalue weighted by Crippen LogP contribution is 2.38. The Morgan fingerprint density at radius 2 is 1.47 bits per heavy atom. The lowest BCUT2D eigenvalue weighted by Crippen LogP contribution is -2.07. The molecule has 5 aromatic rings. The first-order valence-electron chi connectivity index (χ1n) is 9.50. The smallest absolute Gasteiger partial charge is 0.197 e. The van der Waals surface area contributed by atoms with Crippen molar-refractivity contribution in [2.75, 3.05) is 0 Å². The fraction of sp³-hybridized carbons (Fsp3) is 0. The van der Waals surface area contributed by atoms with Gasteiger partial charge in [0.2, 0.25) is 0 Å². The summed E-state index contributed by atoms with van der Waals surface area (Å²) in [5.74, 6) is 0. The lowest BCUT2D eigenvalue weighted by molar-refractivity contribution is 1.43. The van der Waals surface area contributed by atoms with Crippen LogP contribution in [0.15, 0.2) is 89.7 Å². The molecular formula is C26H15ClN2O. The molecule has 0 saturated heterocycles. The number of nitriles is 1. The first-order chi connectivity index (χ1) is 14.7. The van der Waals surface area contributed by atoms with Crippen LogP contribution in [-0.2, 0) is 0 Å². The Kier molecular flexibility index (Phi) is 4.35. The van der Waals surface area contributed by atoms with Gasteiger partial charge in [0.05, 0.1) is 16.6 Å². The van der Waals surface area contributed by atoms with Crippen molar-refractivity contribution in [1.82, 2.24) is 4.98 Å². The van der Waals surface area contributed by atoms with E-state index >= 15 is 0 Å². The molecule has 0 aliphatic carbocycles. The van der Waals surface area contributed by atoms with Gasteiger partial charge in [0.25, 0.3) is 0 Å². The van der Waals surface area contributed by atoms with Crippen molar-refractivity contribution in [2.45, 2.75) is 0 Å². The van der Waals surface area contributed by atoms with E-state index in [4.69, 9.17) is 11.6 Å². The summed E-state index contributed by atoms with van der Waals surface area (Å²) >= 11 is 6.14. The van der Waals surface area contributed by atoms with E-state index in [-0.39, 0.29) is 5.43 Å². The SMILES string of the molecule is N#Cc1c(-c2ccccc2)c(-c2ccccc2)cc2c(=O)c3ccc(Cl)cc3[nH]c12. The summed E-state index contributed by atoms with van der Waals surface area (Å²) in [6.07, 6.45) is 0. The Balaban J connectivity index is 2.01. The summed E-state index contributed by atoms with van der Waals surface area (Å²) in [7, 11) is 0.